The number of likely N-dealkylation sites (tertiary alicyclic amines) is 1. The second-order valence-electron chi connectivity index (χ2n) is 3.85. The summed E-state index contributed by atoms with van der Waals surface area (Å²) in [6.07, 6.45) is 4.43. The van der Waals surface area contributed by atoms with E-state index in [0.717, 1.165) is 32.5 Å². The largest absolute Gasteiger partial charge is 0.341 e. The minimum Gasteiger partial charge on any atom is -0.341 e. The molecular formula is C9H17ClN2OS. The van der Waals surface area contributed by atoms with Crippen LogP contribution in [0.2, 0.25) is 0 Å². The van der Waals surface area contributed by atoms with Crippen molar-refractivity contribution in [2.75, 3.05) is 19.6 Å². The van der Waals surface area contributed by atoms with E-state index in [1.165, 1.54) is 12.8 Å². The Labute approximate surface area is 96.8 Å². The van der Waals surface area contributed by atoms with Crippen LogP contribution < -0.4 is 0 Å². The standard InChI is InChI=1S/C9H16N2OS.ClH/c12-9(10-5-1-2-6-10)8-4-3-7-11(8)13;/h8,13H,1-7H2;1H/t8-;/m0./s1. The van der Waals surface area contributed by atoms with Gasteiger partial charge in [-0.05, 0) is 25.7 Å². The van der Waals surface area contributed by atoms with Crippen LogP contribution in [0.15, 0.2) is 0 Å². The van der Waals surface area contributed by atoms with Gasteiger partial charge in [-0.1, -0.05) is 12.8 Å². The summed E-state index contributed by atoms with van der Waals surface area (Å²) in [7, 11) is 0. The highest BCUT2D eigenvalue weighted by Crippen LogP contribution is 2.22. The van der Waals surface area contributed by atoms with Crippen molar-refractivity contribution in [2.24, 2.45) is 0 Å². The summed E-state index contributed by atoms with van der Waals surface area (Å²) in [5.41, 5.74) is 0. The molecule has 0 aliphatic carbocycles. The summed E-state index contributed by atoms with van der Waals surface area (Å²) in [5.74, 6) is 0.296. The predicted molar refractivity (Wildman–Crippen MR) is 61.8 cm³/mol. The smallest absolute Gasteiger partial charge is 0.240 e. The van der Waals surface area contributed by atoms with Crippen molar-refractivity contribution in [3.8, 4) is 0 Å². The van der Waals surface area contributed by atoms with E-state index < -0.39 is 0 Å². The van der Waals surface area contributed by atoms with E-state index in [1.807, 2.05) is 9.21 Å². The van der Waals surface area contributed by atoms with Gasteiger partial charge in [-0.3, -0.25) is 4.79 Å². The topological polar surface area (TPSA) is 23.6 Å². The Morgan fingerprint density at radius 2 is 1.79 bits per heavy atom. The number of nitrogens with zero attached hydrogens (tertiary/aromatic N) is 2. The van der Waals surface area contributed by atoms with Crippen LogP contribution in [0.5, 0.6) is 0 Å². The SMILES string of the molecule is Cl.O=C([C@@H]1CCCN1S)N1CCCC1. The maximum absolute atomic E-state index is 11.9. The third-order valence-electron chi connectivity index (χ3n) is 2.93. The van der Waals surface area contributed by atoms with Gasteiger partial charge in [0, 0.05) is 19.6 Å². The molecule has 0 unspecified atom stereocenters. The van der Waals surface area contributed by atoms with Crippen molar-refractivity contribution < 1.29 is 4.79 Å². The van der Waals surface area contributed by atoms with Crippen LogP contribution in [-0.2, 0) is 4.79 Å². The monoisotopic (exact) mass is 236 g/mol. The molecule has 2 heterocycles. The molecule has 2 fully saturated rings. The molecule has 0 aromatic carbocycles. The van der Waals surface area contributed by atoms with Gasteiger partial charge in [0.05, 0.1) is 6.04 Å². The van der Waals surface area contributed by atoms with Gasteiger partial charge in [-0.15, -0.1) is 12.4 Å². The van der Waals surface area contributed by atoms with Crippen molar-refractivity contribution in [3.63, 3.8) is 0 Å². The van der Waals surface area contributed by atoms with Crippen molar-refractivity contribution in [2.45, 2.75) is 31.7 Å². The number of carbonyl (C=O) groups is 1. The number of thiol groups is 1. The Balaban J connectivity index is 0.000000980. The number of halogens is 1. The molecule has 2 aliphatic rings. The highest BCUT2D eigenvalue weighted by molar-refractivity contribution is 7.77. The molecule has 2 aliphatic heterocycles. The summed E-state index contributed by atoms with van der Waals surface area (Å²) in [6, 6.07) is 0.0569. The Morgan fingerprint density at radius 1 is 1.14 bits per heavy atom. The Morgan fingerprint density at radius 3 is 2.29 bits per heavy atom. The van der Waals surface area contributed by atoms with E-state index in [9.17, 15) is 4.79 Å². The minimum atomic E-state index is 0. The zero-order valence-electron chi connectivity index (χ0n) is 8.19. The molecule has 1 amide bonds. The van der Waals surface area contributed by atoms with E-state index in [2.05, 4.69) is 12.8 Å². The van der Waals surface area contributed by atoms with Crippen molar-refractivity contribution in [1.29, 1.82) is 0 Å². The zero-order chi connectivity index (χ0) is 9.26. The summed E-state index contributed by atoms with van der Waals surface area (Å²) in [6.45, 7) is 2.86. The zero-order valence-corrected chi connectivity index (χ0v) is 9.90. The normalized spacial score (nSPS) is 27.8. The second kappa shape index (κ2) is 5.24. The molecular weight excluding hydrogens is 220 g/mol. The summed E-state index contributed by atoms with van der Waals surface area (Å²) >= 11 is 4.31. The second-order valence-corrected chi connectivity index (χ2v) is 4.37. The van der Waals surface area contributed by atoms with E-state index >= 15 is 0 Å². The molecule has 0 aromatic heterocycles. The van der Waals surface area contributed by atoms with Crippen LogP contribution in [0.4, 0.5) is 0 Å². The van der Waals surface area contributed by atoms with Crippen molar-refractivity contribution in [1.82, 2.24) is 9.21 Å². The molecule has 5 heteroatoms. The molecule has 0 aromatic rings. The number of rotatable bonds is 1. The van der Waals surface area contributed by atoms with Gasteiger partial charge in [0.25, 0.3) is 0 Å². The molecule has 3 nitrogen and oxygen atoms in total. The lowest BCUT2D eigenvalue weighted by molar-refractivity contribution is -0.133. The van der Waals surface area contributed by atoms with Gasteiger partial charge in [0.1, 0.15) is 0 Å². The number of amides is 1. The fourth-order valence-corrected chi connectivity index (χ4v) is 2.51. The number of hydrogen-bond donors (Lipinski definition) is 1. The first-order valence-corrected chi connectivity index (χ1v) is 5.43. The van der Waals surface area contributed by atoms with Crippen LogP contribution >= 0.6 is 25.2 Å². The van der Waals surface area contributed by atoms with Crippen LogP contribution in [-0.4, -0.2) is 40.8 Å². The summed E-state index contributed by atoms with van der Waals surface area (Å²) in [5, 5.41) is 0. The average Bonchev–Trinajstić information content (AvgIpc) is 2.72. The molecule has 14 heavy (non-hydrogen) atoms. The Hall–Kier alpha value is 0.0700. The lowest BCUT2D eigenvalue weighted by Crippen LogP contribution is -2.41. The van der Waals surface area contributed by atoms with Gasteiger partial charge in [0.2, 0.25) is 5.91 Å². The lowest BCUT2D eigenvalue weighted by Gasteiger charge is -2.23. The first kappa shape index (κ1) is 12.1. The van der Waals surface area contributed by atoms with Gasteiger partial charge in [0.15, 0.2) is 0 Å². The number of hydrogen-bond acceptors (Lipinski definition) is 3. The van der Waals surface area contributed by atoms with Gasteiger partial charge >= 0.3 is 0 Å². The first-order chi connectivity index (χ1) is 6.29. The van der Waals surface area contributed by atoms with Gasteiger partial charge < -0.3 is 4.90 Å². The van der Waals surface area contributed by atoms with E-state index in [4.69, 9.17) is 0 Å². The molecule has 1 atom stereocenters. The van der Waals surface area contributed by atoms with Gasteiger partial charge in [-0.2, -0.15) is 0 Å². The maximum atomic E-state index is 11.9. The van der Waals surface area contributed by atoms with Crippen LogP contribution in [0, 0.1) is 0 Å². The maximum Gasteiger partial charge on any atom is 0.240 e. The van der Waals surface area contributed by atoms with E-state index in [0.29, 0.717) is 5.91 Å². The number of carbonyl (C=O) groups excluding carboxylic acids is 1. The highest BCUT2D eigenvalue weighted by atomic mass is 35.5. The molecule has 2 rings (SSSR count). The molecule has 2 saturated heterocycles. The average molecular weight is 237 g/mol. The Kier molecular flexibility index (Phi) is 4.54. The summed E-state index contributed by atoms with van der Waals surface area (Å²) in [4.78, 5) is 13.9. The molecule has 0 saturated carbocycles. The lowest BCUT2D eigenvalue weighted by atomic mass is 10.2. The first-order valence-electron chi connectivity index (χ1n) is 5.03. The molecule has 0 radical (unpaired) electrons. The molecule has 82 valence electrons. The minimum absolute atomic E-state index is 0. The van der Waals surface area contributed by atoms with Crippen LogP contribution in [0.3, 0.4) is 0 Å². The third-order valence-corrected chi connectivity index (χ3v) is 3.41. The predicted octanol–water partition coefficient (Wildman–Crippen LogP) is 1.34. The molecule has 0 spiro atoms. The van der Waals surface area contributed by atoms with Gasteiger partial charge in [-0.25, -0.2) is 4.31 Å². The van der Waals surface area contributed by atoms with Crippen LogP contribution in [0.1, 0.15) is 25.7 Å². The Bertz CT molecular complexity index is 209. The van der Waals surface area contributed by atoms with E-state index in [1.54, 1.807) is 0 Å². The third kappa shape index (κ3) is 2.35. The van der Waals surface area contributed by atoms with Crippen molar-refractivity contribution >= 4 is 31.1 Å². The fourth-order valence-electron chi connectivity index (χ4n) is 2.15. The summed E-state index contributed by atoms with van der Waals surface area (Å²) < 4.78 is 1.89. The fraction of sp³-hybridized carbons (Fsp3) is 0.889. The quantitative estimate of drug-likeness (QED) is 0.695. The van der Waals surface area contributed by atoms with E-state index in [-0.39, 0.29) is 18.4 Å². The highest BCUT2D eigenvalue weighted by Gasteiger charge is 2.32. The molecule has 0 bridgehead atoms. The van der Waals surface area contributed by atoms with Crippen molar-refractivity contribution in [3.05, 3.63) is 0 Å². The molecule has 0 N–H and O–H groups in total. The van der Waals surface area contributed by atoms with Crippen LogP contribution in [0.25, 0.3) is 0 Å².